The van der Waals surface area contributed by atoms with E-state index >= 15 is 0 Å². The Morgan fingerprint density at radius 1 is 1.06 bits per heavy atom. The van der Waals surface area contributed by atoms with Crippen molar-refractivity contribution in [3.05, 3.63) is 83.1 Å². The van der Waals surface area contributed by atoms with E-state index in [0.717, 1.165) is 15.1 Å². The summed E-state index contributed by atoms with van der Waals surface area (Å²) in [6.45, 7) is 1.98. The number of hydrogen-bond acceptors (Lipinski definition) is 5. The summed E-state index contributed by atoms with van der Waals surface area (Å²) in [7, 11) is 1.63. The number of amides is 1. The number of pyridine rings is 1. The maximum Gasteiger partial charge on any atom is 0.234 e. The van der Waals surface area contributed by atoms with Gasteiger partial charge in [0, 0.05) is 36.3 Å². The van der Waals surface area contributed by atoms with E-state index in [2.05, 4.69) is 4.98 Å². The highest BCUT2D eigenvalue weighted by Crippen LogP contribution is 2.35. The van der Waals surface area contributed by atoms with Crippen molar-refractivity contribution >= 4 is 38.9 Å². The first-order chi connectivity index (χ1) is 15.4. The van der Waals surface area contributed by atoms with E-state index in [-0.39, 0.29) is 30.3 Å². The molecule has 2 aromatic heterocycles. The van der Waals surface area contributed by atoms with Crippen molar-refractivity contribution in [3.8, 4) is 11.5 Å². The van der Waals surface area contributed by atoms with E-state index in [1.54, 1.807) is 37.5 Å². The van der Waals surface area contributed by atoms with Crippen LogP contribution in [0.5, 0.6) is 11.5 Å². The van der Waals surface area contributed by atoms with Crippen LogP contribution in [0.2, 0.25) is 0 Å². The van der Waals surface area contributed by atoms with Gasteiger partial charge in [-0.25, -0.2) is 4.39 Å². The number of para-hydroxylation sites is 1. The van der Waals surface area contributed by atoms with Gasteiger partial charge in [0.25, 0.3) is 0 Å². The Hall–Kier alpha value is -3.58. The Balaban J connectivity index is 1.42. The number of aryl methyl sites for hydroxylation is 1. The number of ketones is 1. The quantitative estimate of drug-likeness (QED) is 0.340. The first kappa shape index (κ1) is 21.6. The Morgan fingerprint density at radius 2 is 1.84 bits per heavy atom. The molecule has 0 radical (unpaired) electrons. The summed E-state index contributed by atoms with van der Waals surface area (Å²) >= 11 is 1.53. The SMILES string of the molecule is Cc1cc2nccc(Oc3ccc(CC(=O)CC(=O)N(C)c4ccccc4)cc3F)c2s1. The third-order valence-corrected chi connectivity index (χ3v) is 6.04. The second-order valence-corrected chi connectivity index (χ2v) is 8.68. The number of aromatic nitrogens is 1. The Morgan fingerprint density at radius 3 is 2.59 bits per heavy atom. The summed E-state index contributed by atoms with van der Waals surface area (Å²) in [5.41, 5.74) is 2.00. The topological polar surface area (TPSA) is 59.5 Å². The van der Waals surface area contributed by atoms with Gasteiger partial charge in [0.1, 0.15) is 11.5 Å². The molecule has 0 bridgehead atoms. The van der Waals surface area contributed by atoms with Crippen LogP contribution in [0, 0.1) is 12.7 Å². The molecule has 162 valence electrons. The van der Waals surface area contributed by atoms with Crippen LogP contribution < -0.4 is 9.64 Å². The van der Waals surface area contributed by atoms with Crippen LogP contribution in [0.4, 0.5) is 10.1 Å². The molecule has 4 aromatic rings. The van der Waals surface area contributed by atoms with Gasteiger partial charge in [-0.2, -0.15) is 0 Å². The number of carbonyl (C=O) groups excluding carboxylic acids is 2. The van der Waals surface area contributed by atoms with E-state index in [1.165, 1.54) is 28.4 Å². The molecule has 0 N–H and O–H groups in total. The van der Waals surface area contributed by atoms with Crippen molar-refractivity contribution in [2.45, 2.75) is 19.8 Å². The summed E-state index contributed by atoms with van der Waals surface area (Å²) in [5.74, 6) is -0.559. The molecule has 0 aliphatic rings. The fourth-order valence-electron chi connectivity index (χ4n) is 3.34. The van der Waals surface area contributed by atoms with Crippen molar-refractivity contribution < 1.29 is 18.7 Å². The number of halogens is 1. The maximum absolute atomic E-state index is 14.7. The molecule has 32 heavy (non-hydrogen) atoms. The van der Waals surface area contributed by atoms with Gasteiger partial charge in [-0.1, -0.05) is 24.3 Å². The Kier molecular flexibility index (Phi) is 6.28. The zero-order valence-electron chi connectivity index (χ0n) is 17.7. The third-order valence-electron chi connectivity index (χ3n) is 4.98. The van der Waals surface area contributed by atoms with Crippen LogP contribution in [-0.4, -0.2) is 23.7 Å². The monoisotopic (exact) mass is 448 g/mol. The minimum absolute atomic E-state index is 0.0325. The lowest BCUT2D eigenvalue weighted by molar-refractivity contribution is -0.126. The molecule has 0 saturated carbocycles. The van der Waals surface area contributed by atoms with E-state index in [1.807, 2.05) is 31.2 Å². The zero-order valence-corrected chi connectivity index (χ0v) is 18.5. The van der Waals surface area contributed by atoms with Gasteiger partial charge in [0.2, 0.25) is 5.91 Å². The van der Waals surface area contributed by atoms with Crippen LogP contribution >= 0.6 is 11.3 Å². The molecule has 2 heterocycles. The average Bonchev–Trinajstić information content (AvgIpc) is 3.16. The molecule has 7 heteroatoms. The van der Waals surface area contributed by atoms with Gasteiger partial charge in [-0.3, -0.25) is 14.6 Å². The lowest BCUT2D eigenvalue weighted by Gasteiger charge is -2.16. The lowest BCUT2D eigenvalue weighted by Crippen LogP contribution is -2.28. The lowest BCUT2D eigenvalue weighted by atomic mass is 10.1. The molecule has 0 fully saturated rings. The first-order valence-corrected chi connectivity index (χ1v) is 10.9. The van der Waals surface area contributed by atoms with E-state index < -0.39 is 5.82 Å². The number of ether oxygens (including phenoxy) is 1. The highest BCUT2D eigenvalue weighted by Gasteiger charge is 2.17. The highest BCUT2D eigenvalue weighted by molar-refractivity contribution is 7.19. The maximum atomic E-state index is 14.7. The van der Waals surface area contributed by atoms with Gasteiger partial charge in [-0.05, 0) is 42.8 Å². The second kappa shape index (κ2) is 9.28. The van der Waals surface area contributed by atoms with Crippen molar-refractivity contribution in [2.24, 2.45) is 0 Å². The average molecular weight is 449 g/mol. The molecule has 2 aromatic carbocycles. The van der Waals surface area contributed by atoms with Crippen LogP contribution in [-0.2, 0) is 16.0 Å². The molecule has 0 spiro atoms. The van der Waals surface area contributed by atoms with E-state index in [4.69, 9.17) is 4.74 Å². The number of nitrogens with zero attached hydrogens (tertiary/aromatic N) is 2. The molecule has 0 saturated heterocycles. The predicted molar refractivity (Wildman–Crippen MR) is 124 cm³/mol. The fourth-order valence-corrected chi connectivity index (χ4v) is 4.26. The normalized spacial score (nSPS) is 10.8. The van der Waals surface area contributed by atoms with Gasteiger partial charge in [0.15, 0.2) is 11.6 Å². The Bertz CT molecular complexity index is 1290. The molecule has 4 rings (SSSR count). The van der Waals surface area contributed by atoms with E-state index in [0.29, 0.717) is 17.0 Å². The fraction of sp³-hybridized carbons (Fsp3) is 0.160. The van der Waals surface area contributed by atoms with Crippen molar-refractivity contribution in [3.63, 3.8) is 0 Å². The van der Waals surface area contributed by atoms with Crippen LogP contribution in [0.15, 0.2) is 66.9 Å². The van der Waals surface area contributed by atoms with E-state index in [9.17, 15) is 14.0 Å². The summed E-state index contributed by atoms with van der Waals surface area (Å²) in [6.07, 6.45) is 1.34. The molecule has 0 aliphatic heterocycles. The first-order valence-electron chi connectivity index (χ1n) is 10.1. The molecule has 0 aliphatic carbocycles. The summed E-state index contributed by atoms with van der Waals surface area (Å²) < 4.78 is 21.3. The number of carbonyl (C=O) groups is 2. The van der Waals surface area contributed by atoms with Crippen molar-refractivity contribution in [1.29, 1.82) is 0 Å². The number of hydrogen-bond donors (Lipinski definition) is 0. The predicted octanol–water partition coefficient (Wildman–Crippen LogP) is 5.70. The summed E-state index contributed by atoms with van der Waals surface area (Å²) in [4.78, 5) is 31.6. The molecule has 1 amide bonds. The zero-order chi connectivity index (χ0) is 22.7. The number of fused-ring (bicyclic) bond motifs is 1. The molecule has 5 nitrogen and oxygen atoms in total. The summed E-state index contributed by atoms with van der Waals surface area (Å²) in [5, 5.41) is 0. The molecular formula is C25H21FN2O3S. The number of benzene rings is 2. The number of anilines is 1. The largest absolute Gasteiger partial charge is 0.453 e. The second-order valence-electron chi connectivity index (χ2n) is 7.43. The van der Waals surface area contributed by atoms with Gasteiger partial charge >= 0.3 is 0 Å². The van der Waals surface area contributed by atoms with Crippen LogP contribution in [0.25, 0.3) is 10.2 Å². The number of Topliss-reactive ketones (excluding diaryl/α,β-unsaturated/α-hetero) is 1. The number of rotatable bonds is 7. The minimum Gasteiger partial charge on any atom is -0.453 e. The Labute approximate surface area is 189 Å². The van der Waals surface area contributed by atoms with Gasteiger partial charge < -0.3 is 9.64 Å². The van der Waals surface area contributed by atoms with Gasteiger partial charge in [0.05, 0.1) is 16.6 Å². The smallest absolute Gasteiger partial charge is 0.234 e. The third kappa shape index (κ3) is 4.84. The van der Waals surface area contributed by atoms with Crippen LogP contribution in [0.1, 0.15) is 16.9 Å². The molecule has 0 unspecified atom stereocenters. The number of thiophene rings is 1. The molecule has 0 atom stereocenters. The van der Waals surface area contributed by atoms with Gasteiger partial charge in [-0.15, -0.1) is 11.3 Å². The van der Waals surface area contributed by atoms with Crippen molar-refractivity contribution in [2.75, 3.05) is 11.9 Å². The summed E-state index contributed by atoms with van der Waals surface area (Å²) in [6, 6.07) is 17.2. The van der Waals surface area contributed by atoms with Crippen molar-refractivity contribution in [1.82, 2.24) is 4.98 Å². The highest BCUT2D eigenvalue weighted by atomic mass is 32.1. The van der Waals surface area contributed by atoms with Crippen LogP contribution in [0.3, 0.4) is 0 Å². The standard InChI is InChI=1S/C25H21FN2O3S/c1-16-12-21-25(32-16)23(10-11-27-21)31-22-9-8-17(14-20(22)26)13-19(29)15-24(30)28(2)18-6-4-3-5-7-18/h3-12,14H,13,15H2,1-2H3. The minimum atomic E-state index is -0.568. The molecular weight excluding hydrogens is 427 g/mol.